The topological polar surface area (TPSA) is 35.8 Å². The summed E-state index contributed by atoms with van der Waals surface area (Å²) in [7, 11) is 0. The van der Waals surface area contributed by atoms with Crippen LogP contribution in [0.5, 0.6) is 0 Å². The highest BCUT2D eigenvalue weighted by Crippen LogP contribution is 2.22. The van der Waals surface area contributed by atoms with Crippen LogP contribution in [0.25, 0.3) is 0 Å². The lowest BCUT2D eigenvalue weighted by atomic mass is 10.0. The monoisotopic (exact) mass is 280 g/mol. The highest BCUT2D eigenvalue weighted by molar-refractivity contribution is 9.10. The maximum Gasteiger partial charge on any atom is 0.101 e. The van der Waals surface area contributed by atoms with Gasteiger partial charge in [-0.2, -0.15) is 5.26 Å². The first kappa shape index (κ1) is 13.1. The minimum Gasteiger partial charge on any atom is -0.381 e. The van der Waals surface area contributed by atoms with Crippen LogP contribution in [0.1, 0.15) is 32.8 Å². The molecule has 0 radical (unpaired) electrons. The molecule has 0 spiro atoms. The van der Waals surface area contributed by atoms with Crippen LogP contribution in [-0.4, -0.2) is 6.04 Å². The molecule has 86 valence electrons. The molecule has 1 atom stereocenters. The molecule has 0 amide bonds. The summed E-state index contributed by atoms with van der Waals surface area (Å²) in [6.07, 6.45) is 1.09. The molecule has 1 aromatic rings. The summed E-state index contributed by atoms with van der Waals surface area (Å²) in [5.41, 5.74) is 1.60. The highest BCUT2D eigenvalue weighted by Gasteiger charge is 2.08. The zero-order valence-electron chi connectivity index (χ0n) is 9.92. The van der Waals surface area contributed by atoms with Gasteiger partial charge in [-0.25, -0.2) is 0 Å². The molecule has 1 N–H and O–H groups in total. The van der Waals surface area contributed by atoms with Crippen molar-refractivity contribution in [1.82, 2.24) is 0 Å². The van der Waals surface area contributed by atoms with Crippen molar-refractivity contribution in [3.05, 3.63) is 28.2 Å². The first-order valence-corrected chi connectivity index (χ1v) is 6.28. The second-order valence-corrected chi connectivity index (χ2v) is 5.39. The van der Waals surface area contributed by atoms with Gasteiger partial charge in [0.15, 0.2) is 0 Å². The van der Waals surface area contributed by atoms with E-state index < -0.39 is 0 Å². The molecule has 0 aliphatic carbocycles. The number of hydrogen-bond donors (Lipinski definition) is 1. The average molecular weight is 281 g/mol. The van der Waals surface area contributed by atoms with Crippen LogP contribution in [0, 0.1) is 17.2 Å². The summed E-state index contributed by atoms with van der Waals surface area (Å²) in [4.78, 5) is 0. The Morgan fingerprint density at radius 3 is 2.62 bits per heavy atom. The molecule has 0 aliphatic rings. The Hall–Kier alpha value is -1.01. The van der Waals surface area contributed by atoms with Crippen LogP contribution in [0.2, 0.25) is 0 Å². The number of hydrogen-bond acceptors (Lipinski definition) is 2. The van der Waals surface area contributed by atoms with E-state index in [0.717, 1.165) is 16.6 Å². The van der Waals surface area contributed by atoms with E-state index in [1.165, 1.54) is 0 Å². The summed E-state index contributed by atoms with van der Waals surface area (Å²) >= 11 is 3.42. The molecule has 0 saturated heterocycles. The van der Waals surface area contributed by atoms with Crippen LogP contribution >= 0.6 is 15.9 Å². The number of halogens is 1. The lowest BCUT2D eigenvalue weighted by Crippen LogP contribution is -2.18. The molecule has 0 aromatic heterocycles. The largest absolute Gasteiger partial charge is 0.381 e. The van der Waals surface area contributed by atoms with Crippen molar-refractivity contribution in [2.75, 3.05) is 5.32 Å². The minimum atomic E-state index is 0.376. The zero-order chi connectivity index (χ0) is 12.1. The molecule has 1 unspecified atom stereocenters. The molecule has 16 heavy (non-hydrogen) atoms. The van der Waals surface area contributed by atoms with E-state index in [0.29, 0.717) is 17.5 Å². The van der Waals surface area contributed by atoms with Gasteiger partial charge in [0, 0.05) is 10.5 Å². The van der Waals surface area contributed by atoms with Crippen molar-refractivity contribution in [2.24, 2.45) is 5.92 Å². The second-order valence-electron chi connectivity index (χ2n) is 4.48. The third-order valence-electron chi connectivity index (χ3n) is 2.33. The van der Waals surface area contributed by atoms with Crippen LogP contribution < -0.4 is 5.32 Å². The molecule has 0 fully saturated rings. The predicted octanol–water partition coefficient (Wildman–Crippen LogP) is 4.17. The first-order valence-electron chi connectivity index (χ1n) is 5.49. The van der Waals surface area contributed by atoms with Gasteiger partial charge in [0.2, 0.25) is 0 Å². The van der Waals surface area contributed by atoms with Gasteiger partial charge in [-0.1, -0.05) is 29.8 Å². The maximum absolute atomic E-state index is 9.00. The molecule has 0 bridgehead atoms. The van der Waals surface area contributed by atoms with Gasteiger partial charge in [-0.3, -0.25) is 0 Å². The van der Waals surface area contributed by atoms with Crippen molar-refractivity contribution < 1.29 is 0 Å². The van der Waals surface area contributed by atoms with Crippen molar-refractivity contribution in [3.63, 3.8) is 0 Å². The summed E-state index contributed by atoms with van der Waals surface area (Å²) in [6.45, 7) is 6.54. The Balaban J connectivity index is 2.80. The van der Waals surface area contributed by atoms with Crippen LogP contribution in [-0.2, 0) is 0 Å². The molecule has 0 heterocycles. The second kappa shape index (κ2) is 5.91. The minimum absolute atomic E-state index is 0.376. The zero-order valence-corrected chi connectivity index (χ0v) is 11.5. The van der Waals surface area contributed by atoms with Gasteiger partial charge in [-0.15, -0.1) is 0 Å². The fourth-order valence-electron chi connectivity index (χ4n) is 1.76. The Labute approximate surface area is 106 Å². The molecular formula is C13H17BrN2. The normalized spacial score (nSPS) is 12.2. The molecular weight excluding hydrogens is 264 g/mol. The van der Waals surface area contributed by atoms with Crippen molar-refractivity contribution in [1.29, 1.82) is 5.26 Å². The van der Waals surface area contributed by atoms with E-state index in [9.17, 15) is 0 Å². The quantitative estimate of drug-likeness (QED) is 0.899. The Morgan fingerprint density at radius 1 is 1.38 bits per heavy atom. The lowest BCUT2D eigenvalue weighted by molar-refractivity contribution is 0.540. The maximum atomic E-state index is 9.00. The summed E-state index contributed by atoms with van der Waals surface area (Å²) < 4.78 is 0.991. The fourth-order valence-corrected chi connectivity index (χ4v) is 2.13. The molecule has 0 saturated carbocycles. The Bertz CT molecular complexity index is 393. The standard InChI is InChI=1S/C13H17BrN2/c1-9(2)6-10(3)16-13-7-12(14)5-4-11(13)8-15/h4-5,7,9-10,16H,6H2,1-3H3. The number of nitriles is 1. The van der Waals surface area contributed by atoms with Gasteiger partial charge >= 0.3 is 0 Å². The third-order valence-corrected chi connectivity index (χ3v) is 2.82. The van der Waals surface area contributed by atoms with Crippen LogP contribution in [0.4, 0.5) is 5.69 Å². The average Bonchev–Trinajstić information content (AvgIpc) is 2.16. The fraction of sp³-hybridized carbons (Fsp3) is 0.462. The van der Waals surface area contributed by atoms with E-state index in [1.54, 1.807) is 0 Å². The van der Waals surface area contributed by atoms with Crippen LogP contribution in [0.15, 0.2) is 22.7 Å². The lowest BCUT2D eigenvalue weighted by Gasteiger charge is -2.18. The molecule has 3 heteroatoms. The van der Waals surface area contributed by atoms with Gasteiger partial charge in [0.25, 0.3) is 0 Å². The number of anilines is 1. The highest BCUT2D eigenvalue weighted by atomic mass is 79.9. The van der Waals surface area contributed by atoms with Crippen LogP contribution in [0.3, 0.4) is 0 Å². The smallest absolute Gasteiger partial charge is 0.101 e. The van der Waals surface area contributed by atoms with Gasteiger partial charge < -0.3 is 5.32 Å². The Kier molecular flexibility index (Phi) is 4.82. The van der Waals surface area contributed by atoms with E-state index in [1.807, 2.05) is 18.2 Å². The SMILES string of the molecule is CC(C)CC(C)Nc1cc(Br)ccc1C#N. The number of nitrogens with zero attached hydrogens (tertiary/aromatic N) is 1. The number of rotatable bonds is 4. The van der Waals surface area contributed by atoms with Gasteiger partial charge in [-0.05, 0) is 37.5 Å². The number of benzene rings is 1. The first-order chi connectivity index (χ1) is 7.52. The van der Waals surface area contributed by atoms with Crippen molar-refractivity contribution in [2.45, 2.75) is 33.2 Å². The van der Waals surface area contributed by atoms with Crippen molar-refractivity contribution in [3.8, 4) is 6.07 Å². The predicted molar refractivity (Wildman–Crippen MR) is 71.4 cm³/mol. The summed E-state index contributed by atoms with van der Waals surface area (Å²) in [5.74, 6) is 0.653. The molecule has 2 nitrogen and oxygen atoms in total. The third kappa shape index (κ3) is 3.86. The summed E-state index contributed by atoms with van der Waals surface area (Å²) in [6, 6.07) is 8.24. The van der Waals surface area contributed by atoms with E-state index in [2.05, 4.69) is 48.1 Å². The Morgan fingerprint density at radius 2 is 2.06 bits per heavy atom. The molecule has 1 aromatic carbocycles. The van der Waals surface area contributed by atoms with Gasteiger partial charge in [0.1, 0.15) is 6.07 Å². The van der Waals surface area contributed by atoms with E-state index in [-0.39, 0.29) is 0 Å². The van der Waals surface area contributed by atoms with Crippen molar-refractivity contribution >= 4 is 21.6 Å². The summed E-state index contributed by atoms with van der Waals surface area (Å²) in [5, 5.41) is 12.4. The number of nitrogens with one attached hydrogen (secondary N) is 1. The molecule has 0 aliphatic heterocycles. The van der Waals surface area contributed by atoms with E-state index >= 15 is 0 Å². The van der Waals surface area contributed by atoms with E-state index in [4.69, 9.17) is 5.26 Å². The molecule has 1 rings (SSSR count). The van der Waals surface area contributed by atoms with Gasteiger partial charge in [0.05, 0.1) is 11.3 Å².